The molecule has 0 saturated carbocycles. The zero-order valence-corrected chi connectivity index (χ0v) is 17.5. The summed E-state index contributed by atoms with van der Waals surface area (Å²) in [7, 11) is 0. The molecule has 0 amide bonds. The Morgan fingerprint density at radius 2 is 1.97 bits per heavy atom. The lowest BCUT2D eigenvalue weighted by atomic mass is 10.00. The van der Waals surface area contributed by atoms with E-state index < -0.39 is 11.6 Å². The van der Waals surface area contributed by atoms with Gasteiger partial charge in [-0.05, 0) is 32.9 Å². The van der Waals surface area contributed by atoms with Gasteiger partial charge in [0.25, 0.3) is 0 Å². The number of aromatic nitrogens is 1. The van der Waals surface area contributed by atoms with Gasteiger partial charge in [-0.1, -0.05) is 12.1 Å². The van der Waals surface area contributed by atoms with Gasteiger partial charge in [0.15, 0.2) is 5.96 Å². The summed E-state index contributed by atoms with van der Waals surface area (Å²) in [5.74, 6) is 1.05. The molecule has 1 unspecified atom stereocenters. The van der Waals surface area contributed by atoms with E-state index in [0.29, 0.717) is 38.4 Å². The summed E-state index contributed by atoms with van der Waals surface area (Å²) in [6.07, 6.45) is 0. The maximum atomic E-state index is 14.1. The summed E-state index contributed by atoms with van der Waals surface area (Å²) in [4.78, 5) is 8.86. The molecule has 0 bridgehead atoms. The number of hydrogen-bond donors (Lipinski definition) is 1. The van der Waals surface area contributed by atoms with E-state index in [4.69, 9.17) is 9.52 Å². The quantitative estimate of drug-likeness (QED) is 0.610. The third-order valence-electron chi connectivity index (χ3n) is 5.26. The number of aliphatic imine (C=N–C) groups is 1. The van der Waals surface area contributed by atoms with E-state index >= 15 is 0 Å². The highest BCUT2D eigenvalue weighted by Crippen LogP contribution is 2.24. The van der Waals surface area contributed by atoms with Crippen molar-refractivity contribution in [3.63, 3.8) is 0 Å². The van der Waals surface area contributed by atoms with Crippen LogP contribution in [0.15, 0.2) is 27.7 Å². The number of nitrogens with zero attached hydrogens (tertiary/aromatic N) is 4. The van der Waals surface area contributed by atoms with Gasteiger partial charge >= 0.3 is 0 Å². The number of aryl methyl sites for hydroxylation is 2. The van der Waals surface area contributed by atoms with Crippen molar-refractivity contribution < 1.29 is 13.3 Å². The third-order valence-corrected chi connectivity index (χ3v) is 5.26. The first kappa shape index (κ1) is 21.1. The number of anilines is 1. The zero-order chi connectivity index (χ0) is 21.0. The Morgan fingerprint density at radius 1 is 1.24 bits per heavy atom. The number of nitrogens with one attached hydrogen (secondary N) is 1. The Balaban J connectivity index is 1.66. The SMILES string of the molecule is CCNC(=NCC(C)c1c(C)noc1C)N1CCN(c2cc(F)ccc2F)CC1. The van der Waals surface area contributed by atoms with Gasteiger partial charge in [0.1, 0.15) is 17.4 Å². The Labute approximate surface area is 170 Å². The van der Waals surface area contributed by atoms with Crippen LogP contribution in [0.4, 0.5) is 14.5 Å². The smallest absolute Gasteiger partial charge is 0.194 e. The second kappa shape index (κ2) is 9.24. The van der Waals surface area contributed by atoms with Crippen molar-refractivity contribution in [2.45, 2.75) is 33.6 Å². The van der Waals surface area contributed by atoms with Gasteiger partial charge in [0.05, 0.1) is 11.4 Å². The van der Waals surface area contributed by atoms with Crippen LogP contribution in [0.3, 0.4) is 0 Å². The Hall–Kier alpha value is -2.64. The number of hydrogen-bond acceptors (Lipinski definition) is 4. The van der Waals surface area contributed by atoms with Crippen molar-refractivity contribution in [1.82, 2.24) is 15.4 Å². The lowest BCUT2D eigenvalue weighted by Gasteiger charge is -2.37. The molecule has 1 atom stereocenters. The van der Waals surface area contributed by atoms with E-state index in [1.165, 1.54) is 12.1 Å². The predicted molar refractivity (Wildman–Crippen MR) is 111 cm³/mol. The van der Waals surface area contributed by atoms with Gasteiger partial charge in [-0.3, -0.25) is 4.99 Å². The molecule has 6 nitrogen and oxygen atoms in total. The molecule has 2 aromatic rings. The van der Waals surface area contributed by atoms with Crippen molar-refractivity contribution in [3.05, 3.63) is 46.9 Å². The lowest BCUT2D eigenvalue weighted by Crippen LogP contribution is -2.52. The van der Waals surface area contributed by atoms with Crippen molar-refractivity contribution >= 4 is 11.6 Å². The molecule has 2 heterocycles. The maximum absolute atomic E-state index is 14.1. The van der Waals surface area contributed by atoms with E-state index in [9.17, 15) is 8.78 Å². The first-order chi connectivity index (χ1) is 13.9. The van der Waals surface area contributed by atoms with Gasteiger partial charge in [0, 0.05) is 56.8 Å². The molecule has 1 aromatic carbocycles. The Bertz CT molecular complexity index is 839. The normalized spacial score (nSPS) is 16.3. The average Bonchev–Trinajstić information content (AvgIpc) is 3.05. The topological polar surface area (TPSA) is 56.9 Å². The zero-order valence-electron chi connectivity index (χ0n) is 17.5. The molecular weight excluding hydrogens is 376 g/mol. The van der Waals surface area contributed by atoms with Crippen molar-refractivity contribution in [3.8, 4) is 0 Å². The molecule has 1 saturated heterocycles. The number of halogens is 2. The number of rotatable bonds is 5. The summed E-state index contributed by atoms with van der Waals surface area (Å²) >= 11 is 0. The highest BCUT2D eigenvalue weighted by Gasteiger charge is 2.23. The summed E-state index contributed by atoms with van der Waals surface area (Å²) in [5.41, 5.74) is 2.33. The van der Waals surface area contributed by atoms with Gasteiger partial charge < -0.3 is 19.6 Å². The minimum atomic E-state index is -0.424. The summed E-state index contributed by atoms with van der Waals surface area (Å²) in [6, 6.07) is 3.58. The van der Waals surface area contributed by atoms with Crippen LogP contribution < -0.4 is 10.2 Å². The largest absolute Gasteiger partial charge is 0.366 e. The second-order valence-corrected chi connectivity index (χ2v) is 7.40. The van der Waals surface area contributed by atoms with Crippen LogP contribution in [0, 0.1) is 25.5 Å². The molecule has 1 aliphatic heterocycles. The minimum Gasteiger partial charge on any atom is -0.366 e. The fourth-order valence-corrected chi connectivity index (χ4v) is 3.82. The lowest BCUT2D eigenvalue weighted by molar-refractivity contribution is 0.370. The van der Waals surface area contributed by atoms with Crippen molar-refractivity contribution in [1.29, 1.82) is 0 Å². The van der Waals surface area contributed by atoms with Crippen LogP contribution in [0.25, 0.3) is 0 Å². The fraction of sp³-hybridized carbons (Fsp3) is 0.524. The molecule has 1 aliphatic rings. The fourth-order valence-electron chi connectivity index (χ4n) is 3.82. The van der Waals surface area contributed by atoms with Crippen LogP contribution in [0.5, 0.6) is 0 Å². The van der Waals surface area contributed by atoms with Gasteiger partial charge in [0.2, 0.25) is 0 Å². The van der Waals surface area contributed by atoms with Crippen LogP contribution in [-0.2, 0) is 0 Å². The summed E-state index contributed by atoms with van der Waals surface area (Å²) in [5, 5.41) is 7.37. The minimum absolute atomic E-state index is 0.192. The number of guanidine groups is 1. The summed E-state index contributed by atoms with van der Waals surface area (Å²) < 4.78 is 32.9. The molecular formula is C21H29F2N5O. The van der Waals surface area contributed by atoms with Crippen LogP contribution in [-0.4, -0.2) is 55.3 Å². The van der Waals surface area contributed by atoms with Crippen LogP contribution >= 0.6 is 0 Å². The van der Waals surface area contributed by atoms with Gasteiger partial charge in [-0.15, -0.1) is 0 Å². The molecule has 0 spiro atoms. The molecule has 29 heavy (non-hydrogen) atoms. The predicted octanol–water partition coefficient (Wildman–Crippen LogP) is 3.46. The van der Waals surface area contributed by atoms with Gasteiger partial charge in [-0.25, -0.2) is 8.78 Å². The molecule has 1 N–H and O–H groups in total. The van der Waals surface area contributed by atoms with Gasteiger partial charge in [-0.2, -0.15) is 0 Å². The molecule has 158 valence electrons. The van der Waals surface area contributed by atoms with Crippen LogP contribution in [0.1, 0.15) is 36.8 Å². The second-order valence-electron chi connectivity index (χ2n) is 7.40. The third kappa shape index (κ3) is 4.86. The van der Waals surface area contributed by atoms with E-state index in [1.807, 2.05) is 25.7 Å². The average molecular weight is 405 g/mol. The number of piperazine rings is 1. The van der Waals surface area contributed by atoms with E-state index in [-0.39, 0.29) is 5.92 Å². The first-order valence-electron chi connectivity index (χ1n) is 10.1. The Kier molecular flexibility index (Phi) is 6.71. The van der Waals surface area contributed by atoms with Crippen molar-refractivity contribution in [2.24, 2.45) is 4.99 Å². The van der Waals surface area contributed by atoms with E-state index in [0.717, 1.165) is 35.6 Å². The maximum Gasteiger partial charge on any atom is 0.194 e. The van der Waals surface area contributed by atoms with Crippen LogP contribution in [0.2, 0.25) is 0 Å². The van der Waals surface area contributed by atoms with E-state index in [2.05, 4.69) is 22.3 Å². The summed E-state index contributed by atoms with van der Waals surface area (Å²) in [6.45, 7) is 12.0. The molecule has 8 heteroatoms. The monoisotopic (exact) mass is 405 g/mol. The highest BCUT2D eigenvalue weighted by atomic mass is 19.1. The Morgan fingerprint density at radius 3 is 2.59 bits per heavy atom. The molecule has 1 fully saturated rings. The molecule has 1 aromatic heterocycles. The first-order valence-corrected chi connectivity index (χ1v) is 10.1. The molecule has 0 radical (unpaired) electrons. The standard InChI is InChI=1S/C21H29F2N5O/c1-5-24-21(25-13-14(2)20-15(3)26-29-16(20)4)28-10-8-27(9-11-28)19-12-17(22)6-7-18(19)23/h6-7,12,14H,5,8-11,13H2,1-4H3,(H,24,25). The highest BCUT2D eigenvalue weighted by molar-refractivity contribution is 5.80. The van der Waals surface area contributed by atoms with E-state index in [1.54, 1.807) is 0 Å². The molecule has 3 rings (SSSR count). The number of benzene rings is 1. The van der Waals surface area contributed by atoms with Crippen molar-refractivity contribution in [2.75, 3.05) is 44.2 Å². The molecule has 0 aliphatic carbocycles.